The third-order valence-corrected chi connectivity index (χ3v) is 3.08. The van der Waals surface area contributed by atoms with Crippen molar-refractivity contribution in [3.8, 4) is 0 Å². The molecule has 0 fully saturated rings. The van der Waals surface area contributed by atoms with Gasteiger partial charge < -0.3 is 15.8 Å². The van der Waals surface area contributed by atoms with Crippen molar-refractivity contribution >= 4 is 27.7 Å². The van der Waals surface area contributed by atoms with Gasteiger partial charge in [-0.2, -0.15) is 0 Å². The van der Waals surface area contributed by atoms with Gasteiger partial charge in [0.2, 0.25) is 15.9 Å². The zero-order valence-electron chi connectivity index (χ0n) is 13.4. The summed E-state index contributed by atoms with van der Waals surface area (Å²) in [5.74, 6) is -0.799. The van der Waals surface area contributed by atoms with Crippen LogP contribution in [0.5, 0.6) is 0 Å². The van der Waals surface area contributed by atoms with E-state index >= 15 is 0 Å². The summed E-state index contributed by atoms with van der Waals surface area (Å²) >= 11 is 0. The molecule has 0 aliphatic heterocycles. The molecule has 128 valence electrons. The van der Waals surface area contributed by atoms with Crippen molar-refractivity contribution in [1.82, 2.24) is 5.32 Å². The minimum Gasteiger partial charge on any atom is -0.444 e. The number of amides is 2. The molecule has 0 aliphatic rings. The fraction of sp³-hybridized carbons (Fsp3) is 0.429. The average Bonchev–Trinajstić information content (AvgIpc) is 2.31. The predicted molar refractivity (Wildman–Crippen MR) is 86.2 cm³/mol. The van der Waals surface area contributed by atoms with E-state index in [1.807, 2.05) is 0 Å². The van der Waals surface area contributed by atoms with Gasteiger partial charge in [-0.1, -0.05) is 12.1 Å². The van der Waals surface area contributed by atoms with E-state index in [-0.39, 0.29) is 5.69 Å². The molecule has 2 amide bonds. The van der Waals surface area contributed by atoms with Crippen LogP contribution in [0.2, 0.25) is 0 Å². The highest BCUT2D eigenvalue weighted by atomic mass is 32.2. The molecule has 8 nitrogen and oxygen atoms in total. The van der Waals surface area contributed by atoms with E-state index in [1.165, 1.54) is 18.2 Å². The van der Waals surface area contributed by atoms with Gasteiger partial charge in [-0.25, -0.2) is 13.2 Å². The maximum atomic E-state index is 11.8. The molecule has 23 heavy (non-hydrogen) atoms. The van der Waals surface area contributed by atoms with E-state index in [4.69, 9.17) is 10.5 Å². The molecular weight excluding hydrogens is 322 g/mol. The summed E-state index contributed by atoms with van der Waals surface area (Å²) in [5, 5.41) is 2.37. The molecule has 0 heterocycles. The number of nitrogens with two attached hydrogens (primary N) is 1. The van der Waals surface area contributed by atoms with Crippen LogP contribution < -0.4 is 15.8 Å². The molecule has 0 spiro atoms. The highest BCUT2D eigenvalue weighted by molar-refractivity contribution is 7.92. The molecule has 1 aromatic rings. The van der Waals surface area contributed by atoms with Crippen LogP contribution in [0.4, 0.5) is 10.5 Å². The van der Waals surface area contributed by atoms with Crippen molar-refractivity contribution < 1.29 is 22.7 Å². The molecule has 1 atom stereocenters. The van der Waals surface area contributed by atoms with Crippen LogP contribution in [0.15, 0.2) is 24.3 Å². The third-order valence-electron chi connectivity index (χ3n) is 2.47. The first kappa shape index (κ1) is 18.8. The van der Waals surface area contributed by atoms with Gasteiger partial charge in [-0.05, 0) is 38.5 Å². The fourth-order valence-electron chi connectivity index (χ4n) is 1.74. The summed E-state index contributed by atoms with van der Waals surface area (Å²) in [6.07, 6.45) is 0.201. The lowest BCUT2D eigenvalue weighted by molar-refractivity contribution is -0.120. The van der Waals surface area contributed by atoms with Gasteiger partial charge in [0.05, 0.1) is 6.26 Å². The van der Waals surface area contributed by atoms with Crippen molar-refractivity contribution in [3.05, 3.63) is 29.8 Å². The summed E-state index contributed by atoms with van der Waals surface area (Å²) in [7, 11) is -3.47. The number of anilines is 1. The average molecular weight is 343 g/mol. The number of benzene rings is 1. The van der Waals surface area contributed by atoms with E-state index < -0.39 is 33.7 Å². The van der Waals surface area contributed by atoms with Crippen molar-refractivity contribution in [3.63, 3.8) is 0 Å². The standard InChI is InChI=1S/C14H21N3O5S/c1-14(2,3)22-13(19)16-11(12(15)18)9-6-5-7-10(8-9)17-23(4,20)21/h5-8,11,17H,1-4H3,(H2,15,18)(H,16,19). The van der Waals surface area contributed by atoms with Crippen LogP contribution in [0.25, 0.3) is 0 Å². The molecular formula is C14H21N3O5S. The minimum absolute atomic E-state index is 0.252. The second-order valence-corrected chi connectivity index (χ2v) is 7.73. The molecule has 0 aromatic heterocycles. The van der Waals surface area contributed by atoms with Gasteiger partial charge >= 0.3 is 6.09 Å². The Labute approximate surface area is 135 Å². The molecule has 1 aromatic carbocycles. The second kappa shape index (κ2) is 6.86. The van der Waals surface area contributed by atoms with E-state index in [2.05, 4.69) is 10.0 Å². The van der Waals surface area contributed by atoms with Crippen LogP contribution >= 0.6 is 0 Å². The van der Waals surface area contributed by atoms with Crippen LogP contribution in [-0.4, -0.2) is 32.3 Å². The quantitative estimate of drug-likeness (QED) is 0.738. The largest absolute Gasteiger partial charge is 0.444 e. The summed E-state index contributed by atoms with van der Waals surface area (Å²) in [4.78, 5) is 23.4. The molecule has 9 heteroatoms. The van der Waals surface area contributed by atoms with Crippen molar-refractivity contribution in [2.45, 2.75) is 32.4 Å². The summed E-state index contributed by atoms with van der Waals surface area (Å²) < 4.78 is 29.9. The van der Waals surface area contributed by atoms with Crippen LogP contribution in [0.1, 0.15) is 32.4 Å². The van der Waals surface area contributed by atoms with Crippen molar-refractivity contribution in [2.24, 2.45) is 5.73 Å². The maximum absolute atomic E-state index is 11.8. The number of hydrogen-bond acceptors (Lipinski definition) is 5. The Balaban J connectivity index is 3.00. The molecule has 0 radical (unpaired) electrons. The van der Waals surface area contributed by atoms with Gasteiger partial charge in [-0.3, -0.25) is 9.52 Å². The Morgan fingerprint density at radius 1 is 1.26 bits per heavy atom. The zero-order chi connectivity index (χ0) is 17.8. The summed E-state index contributed by atoms with van der Waals surface area (Å²) in [6, 6.07) is 4.85. The van der Waals surface area contributed by atoms with Crippen LogP contribution in [0, 0.1) is 0 Å². The lowest BCUT2D eigenvalue weighted by Gasteiger charge is -2.22. The van der Waals surface area contributed by atoms with Gasteiger partial charge in [0.25, 0.3) is 0 Å². The Bertz CT molecular complexity index is 695. The topological polar surface area (TPSA) is 128 Å². The van der Waals surface area contributed by atoms with Gasteiger partial charge in [-0.15, -0.1) is 0 Å². The highest BCUT2D eigenvalue weighted by Crippen LogP contribution is 2.19. The lowest BCUT2D eigenvalue weighted by atomic mass is 10.1. The number of sulfonamides is 1. The number of alkyl carbamates (subject to hydrolysis) is 1. The zero-order valence-corrected chi connectivity index (χ0v) is 14.2. The van der Waals surface area contributed by atoms with E-state index in [0.29, 0.717) is 5.56 Å². The molecule has 4 N–H and O–H groups in total. The Hall–Kier alpha value is -2.29. The molecule has 1 rings (SSSR count). The maximum Gasteiger partial charge on any atom is 0.408 e. The number of rotatable bonds is 5. The third kappa shape index (κ3) is 7.00. The van der Waals surface area contributed by atoms with Crippen molar-refractivity contribution in [2.75, 3.05) is 11.0 Å². The number of carbonyl (C=O) groups excluding carboxylic acids is 2. The number of carbonyl (C=O) groups is 2. The van der Waals surface area contributed by atoms with E-state index in [0.717, 1.165) is 6.26 Å². The number of primary amides is 1. The highest BCUT2D eigenvalue weighted by Gasteiger charge is 2.24. The smallest absolute Gasteiger partial charge is 0.408 e. The fourth-order valence-corrected chi connectivity index (χ4v) is 2.30. The summed E-state index contributed by atoms with van der Waals surface area (Å²) in [5.41, 5.74) is 5.16. The number of hydrogen-bond donors (Lipinski definition) is 3. The summed E-state index contributed by atoms with van der Waals surface area (Å²) in [6.45, 7) is 5.05. The first-order valence-electron chi connectivity index (χ1n) is 6.74. The van der Waals surface area contributed by atoms with Gasteiger partial charge in [0, 0.05) is 5.69 Å². The van der Waals surface area contributed by atoms with Crippen molar-refractivity contribution in [1.29, 1.82) is 0 Å². The number of ether oxygens (including phenoxy) is 1. The van der Waals surface area contributed by atoms with Crippen LogP contribution in [-0.2, 0) is 19.6 Å². The Morgan fingerprint density at radius 2 is 1.87 bits per heavy atom. The predicted octanol–water partition coefficient (Wildman–Crippen LogP) is 1.11. The SMILES string of the molecule is CC(C)(C)OC(=O)NC(C(N)=O)c1cccc(NS(C)(=O)=O)c1. The van der Waals surface area contributed by atoms with Gasteiger partial charge in [0.15, 0.2) is 0 Å². The minimum atomic E-state index is -3.47. The van der Waals surface area contributed by atoms with Crippen LogP contribution in [0.3, 0.4) is 0 Å². The lowest BCUT2D eigenvalue weighted by Crippen LogP contribution is -2.40. The Morgan fingerprint density at radius 3 is 2.35 bits per heavy atom. The number of nitrogens with one attached hydrogen (secondary N) is 2. The Kier molecular flexibility index (Phi) is 5.60. The first-order chi connectivity index (χ1) is 10.4. The normalized spacial score (nSPS) is 13.0. The molecule has 1 unspecified atom stereocenters. The molecule has 0 saturated carbocycles. The molecule has 0 bridgehead atoms. The molecule has 0 aliphatic carbocycles. The van der Waals surface area contributed by atoms with E-state index in [9.17, 15) is 18.0 Å². The van der Waals surface area contributed by atoms with Gasteiger partial charge in [0.1, 0.15) is 11.6 Å². The van der Waals surface area contributed by atoms with E-state index in [1.54, 1.807) is 26.8 Å². The second-order valence-electron chi connectivity index (χ2n) is 5.98. The molecule has 0 saturated heterocycles. The monoisotopic (exact) mass is 343 g/mol. The first-order valence-corrected chi connectivity index (χ1v) is 8.63.